The normalized spacial score (nSPS) is 17.1. The Hall–Kier alpha value is -1.90. The summed E-state index contributed by atoms with van der Waals surface area (Å²) >= 11 is 0. The van der Waals surface area contributed by atoms with Gasteiger partial charge in [0, 0.05) is 32.2 Å². The van der Waals surface area contributed by atoms with Crippen molar-refractivity contribution in [1.82, 2.24) is 14.4 Å². The van der Waals surface area contributed by atoms with Gasteiger partial charge in [-0.3, -0.25) is 4.90 Å². The quantitative estimate of drug-likeness (QED) is 0.812. The number of sulfonamides is 1. The molecule has 130 valence electrons. The minimum atomic E-state index is -3.55. The first kappa shape index (κ1) is 16.9. The smallest absolute Gasteiger partial charge is 0.246 e. The maximum atomic E-state index is 12.8. The maximum Gasteiger partial charge on any atom is 0.246 e. The van der Waals surface area contributed by atoms with Crippen molar-refractivity contribution < 1.29 is 17.7 Å². The Balaban J connectivity index is 1.67. The van der Waals surface area contributed by atoms with Crippen molar-refractivity contribution in [3.63, 3.8) is 0 Å². The molecule has 1 aromatic heterocycles. The molecule has 0 radical (unpaired) electrons. The predicted molar refractivity (Wildman–Crippen MR) is 88.3 cm³/mol. The average Bonchev–Trinajstić information content (AvgIpc) is 3.00. The van der Waals surface area contributed by atoms with Gasteiger partial charge in [-0.05, 0) is 19.1 Å². The SMILES string of the molecule is COc1ccccc1S(=O)(=O)N1CCN(Cc2cc(C)no2)CC1. The minimum absolute atomic E-state index is 0.215. The topological polar surface area (TPSA) is 75.9 Å². The van der Waals surface area contributed by atoms with E-state index in [9.17, 15) is 8.42 Å². The number of hydrogen-bond donors (Lipinski definition) is 0. The van der Waals surface area contributed by atoms with Gasteiger partial charge in [-0.1, -0.05) is 17.3 Å². The summed E-state index contributed by atoms with van der Waals surface area (Å²) in [5, 5.41) is 3.87. The van der Waals surface area contributed by atoms with E-state index < -0.39 is 10.0 Å². The number of methoxy groups -OCH3 is 1. The lowest BCUT2D eigenvalue weighted by molar-refractivity contribution is 0.166. The van der Waals surface area contributed by atoms with Crippen molar-refractivity contribution in [2.24, 2.45) is 0 Å². The highest BCUT2D eigenvalue weighted by Crippen LogP contribution is 2.27. The second-order valence-corrected chi connectivity index (χ2v) is 7.67. The number of hydrogen-bond acceptors (Lipinski definition) is 6. The Labute approximate surface area is 141 Å². The van der Waals surface area contributed by atoms with Crippen molar-refractivity contribution >= 4 is 10.0 Å². The Morgan fingerprint density at radius 1 is 1.21 bits per heavy atom. The number of ether oxygens (including phenoxy) is 1. The van der Waals surface area contributed by atoms with Gasteiger partial charge in [0.1, 0.15) is 10.6 Å². The molecule has 0 atom stereocenters. The molecule has 1 saturated heterocycles. The number of rotatable bonds is 5. The van der Waals surface area contributed by atoms with Crippen LogP contribution in [0.3, 0.4) is 0 Å². The third kappa shape index (κ3) is 3.45. The Morgan fingerprint density at radius 2 is 1.92 bits per heavy atom. The predicted octanol–water partition coefficient (Wildman–Crippen LogP) is 1.50. The largest absolute Gasteiger partial charge is 0.495 e. The van der Waals surface area contributed by atoms with Crippen LogP contribution in [0.1, 0.15) is 11.5 Å². The van der Waals surface area contributed by atoms with Crippen LogP contribution in [0.2, 0.25) is 0 Å². The summed E-state index contributed by atoms with van der Waals surface area (Å²) in [5.41, 5.74) is 0.849. The van der Waals surface area contributed by atoms with Crippen LogP contribution in [-0.2, 0) is 16.6 Å². The van der Waals surface area contributed by atoms with Crippen molar-refractivity contribution in [2.45, 2.75) is 18.4 Å². The molecule has 0 spiro atoms. The van der Waals surface area contributed by atoms with Crippen LogP contribution in [0, 0.1) is 6.92 Å². The molecule has 1 aliphatic rings. The second-order valence-electron chi connectivity index (χ2n) is 5.77. The number of aromatic nitrogens is 1. The zero-order valence-corrected chi connectivity index (χ0v) is 14.6. The standard InChI is InChI=1S/C16H21N3O4S/c1-13-11-14(23-17-13)12-18-7-9-19(10-8-18)24(20,21)16-6-4-3-5-15(16)22-2/h3-6,11H,7-10,12H2,1-2H3. The summed E-state index contributed by atoms with van der Waals surface area (Å²) in [5.74, 6) is 1.17. The summed E-state index contributed by atoms with van der Waals surface area (Å²) in [4.78, 5) is 2.38. The lowest BCUT2D eigenvalue weighted by Crippen LogP contribution is -2.48. The third-order valence-corrected chi connectivity index (χ3v) is 6.01. The fourth-order valence-electron chi connectivity index (χ4n) is 2.81. The van der Waals surface area contributed by atoms with E-state index in [0.717, 1.165) is 11.5 Å². The lowest BCUT2D eigenvalue weighted by Gasteiger charge is -2.33. The van der Waals surface area contributed by atoms with Crippen LogP contribution in [-0.4, -0.2) is 56.1 Å². The van der Waals surface area contributed by atoms with Crippen LogP contribution in [0.4, 0.5) is 0 Å². The number of aryl methyl sites for hydroxylation is 1. The first-order chi connectivity index (χ1) is 11.5. The highest BCUT2D eigenvalue weighted by atomic mass is 32.2. The molecule has 1 aromatic carbocycles. The maximum absolute atomic E-state index is 12.8. The zero-order valence-electron chi connectivity index (χ0n) is 13.8. The van der Waals surface area contributed by atoms with Crippen molar-refractivity contribution in [3.8, 4) is 5.75 Å². The molecule has 1 aliphatic heterocycles. The molecule has 2 aromatic rings. The Kier molecular flexibility index (Phi) is 4.88. The number of benzene rings is 1. The van der Waals surface area contributed by atoms with Gasteiger partial charge < -0.3 is 9.26 Å². The van der Waals surface area contributed by atoms with E-state index in [0.29, 0.717) is 38.5 Å². The van der Waals surface area contributed by atoms with E-state index in [4.69, 9.17) is 9.26 Å². The van der Waals surface area contributed by atoms with E-state index in [-0.39, 0.29) is 4.90 Å². The highest BCUT2D eigenvalue weighted by molar-refractivity contribution is 7.89. The summed E-state index contributed by atoms with van der Waals surface area (Å²) in [7, 11) is -2.07. The molecule has 0 aliphatic carbocycles. The van der Waals surface area contributed by atoms with E-state index in [1.807, 2.05) is 13.0 Å². The first-order valence-corrected chi connectivity index (χ1v) is 9.22. The molecular weight excluding hydrogens is 330 g/mol. The van der Waals surface area contributed by atoms with Crippen molar-refractivity contribution in [3.05, 3.63) is 41.8 Å². The molecule has 0 bridgehead atoms. The molecule has 1 fully saturated rings. The van der Waals surface area contributed by atoms with Gasteiger partial charge in [0.15, 0.2) is 5.76 Å². The minimum Gasteiger partial charge on any atom is -0.495 e. The van der Waals surface area contributed by atoms with E-state index in [1.165, 1.54) is 11.4 Å². The number of nitrogens with zero attached hydrogens (tertiary/aromatic N) is 3. The molecule has 3 rings (SSSR count). The third-order valence-electron chi connectivity index (χ3n) is 4.07. The van der Waals surface area contributed by atoms with Crippen LogP contribution in [0.15, 0.2) is 39.8 Å². The highest BCUT2D eigenvalue weighted by Gasteiger charge is 2.30. The van der Waals surface area contributed by atoms with Crippen LogP contribution >= 0.6 is 0 Å². The van der Waals surface area contributed by atoms with Gasteiger partial charge in [-0.25, -0.2) is 8.42 Å². The van der Waals surface area contributed by atoms with Crippen LogP contribution in [0.25, 0.3) is 0 Å². The molecule has 0 amide bonds. The molecule has 0 N–H and O–H groups in total. The second kappa shape index (κ2) is 6.92. The summed E-state index contributed by atoms with van der Waals surface area (Å²) in [6.45, 7) is 4.69. The monoisotopic (exact) mass is 351 g/mol. The Morgan fingerprint density at radius 3 is 2.54 bits per heavy atom. The lowest BCUT2D eigenvalue weighted by atomic mass is 10.3. The van der Waals surface area contributed by atoms with E-state index in [1.54, 1.807) is 24.3 Å². The number of piperazine rings is 1. The summed E-state index contributed by atoms with van der Waals surface area (Å²) in [6.07, 6.45) is 0. The molecule has 24 heavy (non-hydrogen) atoms. The van der Waals surface area contributed by atoms with Gasteiger partial charge in [0.2, 0.25) is 10.0 Å². The van der Waals surface area contributed by atoms with Gasteiger partial charge >= 0.3 is 0 Å². The summed E-state index contributed by atoms with van der Waals surface area (Å²) < 4.78 is 37.6. The van der Waals surface area contributed by atoms with Crippen LogP contribution in [0.5, 0.6) is 5.75 Å². The fourth-order valence-corrected chi connectivity index (χ4v) is 4.39. The number of para-hydroxylation sites is 1. The van der Waals surface area contributed by atoms with Crippen LogP contribution < -0.4 is 4.74 Å². The summed E-state index contributed by atoms with van der Waals surface area (Å²) in [6, 6.07) is 8.61. The molecule has 2 heterocycles. The van der Waals surface area contributed by atoms with Gasteiger partial charge in [0.25, 0.3) is 0 Å². The molecular formula is C16H21N3O4S. The molecule has 0 unspecified atom stereocenters. The zero-order chi connectivity index (χ0) is 17.2. The van der Waals surface area contributed by atoms with Crippen molar-refractivity contribution in [1.29, 1.82) is 0 Å². The van der Waals surface area contributed by atoms with E-state index >= 15 is 0 Å². The fraction of sp³-hybridized carbons (Fsp3) is 0.438. The van der Waals surface area contributed by atoms with Gasteiger partial charge in [0.05, 0.1) is 19.3 Å². The van der Waals surface area contributed by atoms with Gasteiger partial charge in [-0.2, -0.15) is 4.31 Å². The Bertz CT molecular complexity index is 795. The molecule has 8 heteroatoms. The molecule has 0 saturated carbocycles. The van der Waals surface area contributed by atoms with Gasteiger partial charge in [-0.15, -0.1) is 0 Å². The average molecular weight is 351 g/mol. The first-order valence-electron chi connectivity index (χ1n) is 7.78. The van der Waals surface area contributed by atoms with E-state index in [2.05, 4.69) is 10.1 Å². The molecule has 7 nitrogen and oxygen atoms in total. The van der Waals surface area contributed by atoms with Crippen molar-refractivity contribution in [2.75, 3.05) is 33.3 Å².